The third-order valence-electron chi connectivity index (χ3n) is 3.90. The summed E-state index contributed by atoms with van der Waals surface area (Å²) in [7, 11) is 0. The number of nitrogens with zero attached hydrogens (tertiary/aromatic N) is 1. The van der Waals surface area contributed by atoms with Gasteiger partial charge in [-0.3, -0.25) is 9.59 Å². The molecule has 1 fully saturated rings. The molecule has 5 heteroatoms. The van der Waals surface area contributed by atoms with Gasteiger partial charge in [-0.05, 0) is 19.3 Å². The van der Waals surface area contributed by atoms with Crippen LogP contribution in [0.1, 0.15) is 33.6 Å². The van der Waals surface area contributed by atoms with Gasteiger partial charge in [0.15, 0.2) is 0 Å². The number of nitrogens with two attached hydrogens (primary N) is 1. The van der Waals surface area contributed by atoms with E-state index in [1.807, 2.05) is 13.8 Å². The fraction of sp³-hybridized carbons (Fsp3) is 0.833. The van der Waals surface area contributed by atoms with Crippen LogP contribution in [-0.2, 0) is 9.59 Å². The zero-order valence-electron chi connectivity index (χ0n) is 10.7. The molecular weight excluding hydrogens is 220 g/mol. The number of hydrogen-bond acceptors (Lipinski definition) is 3. The quantitative estimate of drug-likeness (QED) is 0.759. The lowest BCUT2D eigenvalue weighted by molar-refractivity contribution is -0.143. The summed E-state index contributed by atoms with van der Waals surface area (Å²) < 4.78 is 0. The van der Waals surface area contributed by atoms with Crippen molar-refractivity contribution in [1.29, 1.82) is 0 Å². The van der Waals surface area contributed by atoms with E-state index in [1.54, 1.807) is 11.8 Å². The maximum atomic E-state index is 12.1. The second-order valence-electron chi connectivity index (χ2n) is 4.92. The predicted molar refractivity (Wildman–Crippen MR) is 64.3 cm³/mol. The van der Waals surface area contributed by atoms with Crippen LogP contribution in [0.25, 0.3) is 0 Å². The summed E-state index contributed by atoms with van der Waals surface area (Å²) in [6.07, 6.45) is 1.37. The first-order chi connectivity index (χ1) is 7.90. The van der Waals surface area contributed by atoms with E-state index in [4.69, 9.17) is 10.8 Å². The zero-order valence-corrected chi connectivity index (χ0v) is 10.7. The molecule has 0 spiro atoms. The summed E-state index contributed by atoms with van der Waals surface area (Å²) in [4.78, 5) is 24.7. The highest BCUT2D eigenvalue weighted by Gasteiger charge is 2.40. The number of carbonyl (C=O) groups is 2. The molecule has 0 aliphatic carbocycles. The molecule has 0 aromatic carbocycles. The Balaban J connectivity index is 2.69. The van der Waals surface area contributed by atoms with Crippen molar-refractivity contribution in [2.45, 2.75) is 45.7 Å². The van der Waals surface area contributed by atoms with Crippen LogP contribution in [0.2, 0.25) is 0 Å². The Labute approximate surface area is 102 Å². The van der Waals surface area contributed by atoms with Crippen molar-refractivity contribution in [1.82, 2.24) is 4.90 Å². The first kappa shape index (κ1) is 14.0. The molecule has 1 aliphatic rings. The van der Waals surface area contributed by atoms with Crippen molar-refractivity contribution in [3.8, 4) is 0 Å². The highest BCUT2D eigenvalue weighted by molar-refractivity contribution is 5.84. The van der Waals surface area contributed by atoms with Crippen molar-refractivity contribution < 1.29 is 14.7 Å². The maximum Gasteiger partial charge on any atom is 0.308 e. The number of carboxylic acids is 1. The van der Waals surface area contributed by atoms with Gasteiger partial charge in [0.05, 0.1) is 12.0 Å². The predicted octanol–water partition coefficient (Wildman–Crippen LogP) is 0.681. The lowest BCUT2D eigenvalue weighted by Crippen LogP contribution is -2.49. The molecule has 17 heavy (non-hydrogen) atoms. The van der Waals surface area contributed by atoms with Gasteiger partial charge in [0.25, 0.3) is 0 Å². The van der Waals surface area contributed by atoms with E-state index in [0.29, 0.717) is 13.0 Å². The Kier molecular flexibility index (Phi) is 4.51. The monoisotopic (exact) mass is 242 g/mol. The standard InChI is InChI=1S/C12H22N2O3/c1-4-7(2)10(13)11(15)14-6-5-9(8(14)3)12(16)17/h7-10H,4-6,13H2,1-3H3,(H,16,17)/t7?,8?,9?,10-/m0/s1. The summed E-state index contributed by atoms with van der Waals surface area (Å²) >= 11 is 0. The summed E-state index contributed by atoms with van der Waals surface area (Å²) in [5.41, 5.74) is 5.90. The van der Waals surface area contributed by atoms with Gasteiger partial charge in [-0.2, -0.15) is 0 Å². The largest absolute Gasteiger partial charge is 0.481 e. The SMILES string of the molecule is CCC(C)[C@H](N)C(=O)N1CCC(C(=O)O)C1C. The smallest absolute Gasteiger partial charge is 0.308 e. The van der Waals surface area contributed by atoms with Crippen molar-refractivity contribution in [2.24, 2.45) is 17.6 Å². The first-order valence-corrected chi connectivity index (χ1v) is 6.19. The highest BCUT2D eigenvalue weighted by atomic mass is 16.4. The number of carboxylic acid groups (broad SMARTS) is 1. The van der Waals surface area contributed by atoms with Crippen LogP contribution in [0.5, 0.6) is 0 Å². The van der Waals surface area contributed by atoms with Crippen LogP contribution in [-0.4, -0.2) is 40.5 Å². The lowest BCUT2D eigenvalue weighted by Gasteiger charge is -2.28. The van der Waals surface area contributed by atoms with Crippen molar-refractivity contribution in [3.05, 3.63) is 0 Å². The lowest BCUT2D eigenvalue weighted by atomic mass is 9.98. The van der Waals surface area contributed by atoms with Gasteiger partial charge < -0.3 is 15.7 Å². The van der Waals surface area contributed by atoms with Gasteiger partial charge in [0, 0.05) is 12.6 Å². The molecule has 1 rings (SSSR count). The van der Waals surface area contributed by atoms with E-state index in [-0.39, 0.29) is 17.9 Å². The minimum Gasteiger partial charge on any atom is -0.481 e. The van der Waals surface area contributed by atoms with Crippen molar-refractivity contribution in [3.63, 3.8) is 0 Å². The van der Waals surface area contributed by atoms with Crippen LogP contribution < -0.4 is 5.73 Å². The van der Waals surface area contributed by atoms with E-state index in [9.17, 15) is 9.59 Å². The summed E-state index contributed by atoms with van der Waals surface area (Å²) in [5, 5.41) is 9.01. The Morgan fingerprint density at radius 3 is 2.53 bits per heavy atom. The number of amides is 1. The fourth-order valence-electron chi connectivity index (χ4n) is 2.27. The van der Waals surface area contributed by atoms with E-state index in [0.717, 1.165) is 6.42 Å². The number of likely N-dealkylation sites (tertiary alicyclic amines) is 1. The number of hydrogen-bond donors (Lipinski definition) is 2. The molecule has 0 saturated carbocycles. The summed E-state index contributed by atoms with van der Waals surface area (Å²) in [6.45, 7) is 6.22. The van der Waals surface area contributed by atoms with Gasteiger partial charge in [-0.15, -0.1) is 0 Å². The normalized spacial score (nSPS) is 27.9. The molecule has 1 amide bonds. The van der Waals surface area contributed by atoms with Gasteiger partial charge >= 0.3 is 5.97 Å². The average Bonchev–Trinajstić information content (AvgIpc) is 2.68. The second-order valence-corrected chi connectivity index (χ2v) is 4.92. The van der Waals surface area contributed by atoms with Crippen LogP contribution in [0, 0.1) is 11.8 Å². The molecule has 4 atom stereocenters. The Bertz CT molecular complexity index is 306. The third kappa shape index (κ3) is 2.77. The minimum absolute atomic E-state index is 0.115. The van der Waals surface area contributed by atoms with Gasteiger partial charge in [-0.25, -0.2) is 0 Å². The molecule has 0 aromatic heterocycles. The molecule has 0 aromatic rings. The first-order valence-electron chi connectivity index (χ1n) is 6.19. The van der Waals surface area contributed by atoms with Crippen LogP contribution in [0.15, 0.2) is 0 Å². The van der Waals surface area contributed by atoms with E-state index in [2.05, 4.69) is 0 Å². The molecule has 3 N–H and O–H groups in total. The van der Waals surface area contributed by atoms with Gasteiger partial charge in [0.2, 0.25) is 5.91 Å². The molecule has 0 radical (unpaired) electrons. The van der Waals surface area contributed by atoms with E-state index < -0.39 is 17.9 Å². The number of rotatable bonds is 4. The van der Waals surface area contributed by atoms with Crippen molar-refractivity contribution in [2.75, 3.05) is 6.54 Å². The molecule has 1 saturated heterocycles. The summed E-state index contributed by atoms with van der Waals surface area (Å²) in [6, 6.07) is -0.773. The number of aliphatic carboxylic acids is 1. The molecule has 1 aliphatic heterocycles. The molecular formula is C12H22N2O3. The third-order valence-corrected chi connectivity index (χ3v) is 3.90. The Morgan fingerprint density at radius 2 is 2.12 bits per heavy atom. The summed E-state index contributed by atoms with van der Waals surface area (Å²) in [5.74, 6) is -1.28. The van der Waals surface area contributed by atoms with Crippen LogP contribution in [0.4, 0.5) is 0 Å². The maximum absolute atomic E-state index is 12.1. The van der Waals surface area contributed by atoms with E-state index >= 15 is 0 Å². The molecule has 3 unspecified atom stereocenters. The van der Waals surface area contributed by atoms with Crippen molar-refractivity contribution >= 4 is 11.9 Å². The van der Waals surface area contributed by atoms with Crippen LogP contribution >= 0.6 is 0 Å². The number of carbonyl (C=O) groups excluding carboxylic acids is 1. The molecule has 98 valence electrons. The topological polar surface area (TPSA) is 83.6 Å². The zero-order chi connectivity index (χ0) is 13.2. The fourth-order valence-corrected chi connectivity index (χ4v) is 2.27. The molecule has 5 nitrogen and oxygen atoms in total. The molecule has 0 bridgehead atoms. The second kappa shape index (κ2) is 5.49. The Hall–Kier alpha value is -1.10. The average molecular weight is 242 g/mol. The highest BCUT2D eigenvalue weighted by Crippen LogP contribution is 2.25. The molecule has 1 heterocycles. The van der Waals surface area contributed by atoms with Gasteiger partial charge in [-0.1, -0.05) is 20.3 Å². The Morgan fingerprint density at radius 1 is 1.53 bits per heavy atom. The van der Waals surface area contributed by atoms with Gasteiger partial charge in [0.1, 0.15) is 0 Å². The van der Waals surface area contributed by atoms with E-state index in [1.165, 1.54) is 0 Å². The van der Waals surface area contributed by atoms with Crippen LogP contribution in [0.3, 0.4) is 0 Å². The minimum atomic E-state index is -0.829.